The lowest BCUT2D eigenvalue weighted by molar-refractivity contribution is -0.127. The minimum Gasteiger partial charge on any atom is -0.299 e. The van der Waals surface area contributed by atoms with Crippen LogP contribution in [0.25, 0.3) is 0 Å². The molecule has 0 amide bonds. The Morgan fingerprint density at radius 2 is 1.93 bits per heavy atom. The van der Waals surface area contributed by atoms with Crippen molar-refractivity contribution in [3.8, 4) is 0 Å². The fourth-order valence-electron chi connectivity index (χ4n) is 2.94. The van der Waals surface area contributed by atoms with Crippen molar-refractivity contribution in [2.75, 3.05) is 0 Å². The fraction of sp³-hybridized carbons (Fsp3) is 0.500. The third kappa shape index (κ3) is 1.50. The van der Waals surface area contributed by atoms with Crippen LogP contribution in [0.1, 0.15) is 37.8 Å². The number of aryl methyl sites for hydroxylation is 1. The van der Waals surface area contributed by atoms with Crippen LogP contribution in [0.5, 0.6) is 0 Å². The van der Waals surface area contributed by atoms with E-state index in [9.17, 15) is 4.79 Å². The van der Waals surface area contributed by atoms with Crippen molar-refractivity contribution < 1.29 is 4.79 Å². The lowest BCUT2D eigenvalue weighted by Crippen LogP contribution is -2.46. The van der Waals surface area contributed by atoms with Crippen LogP contribution in [-0.4, -0.2) is 5.78 Å². The summed E-state index contributed by atoms with van der Waals surface area (Å²) in [6.07, 6.45) is 2.04. The summed E-state index contributed by atoms with van der Waals surface area (Å²) in [6.45, 7) is 6.06. The zero-order valence-electron chi connectivity index (χ0n) is 9.71. The van der Waals surface area contributed by atoms with Gasteiger partial charge < -0.3 is 0 Å². The first-order valence-electron chi connectivity index (χ1n) is 5.63. The second kappa shape index (κ2) is 3.48. The molecule has 0 aromatic heterocycles. The van der Waals surface area contributed by atoms with E-state index in [2.05, 4.69) is 26.0 Å². The molecule has 0 bridgehead atoms. The van der Waals surface area contributed by atoms with E-state index in [1.54, 1.807) is 6.92 Å². The van der Waals surface area contributed by atoms with Crippen LogP contribution >= 0.6 is 0 Å². The highest BCUT2D eigenvalue weighted by Crippen LogP contribution is 2.49. The summed E-state index contributed by atoms with van der Waals surface area (Å²) in [7, 11) is 0. The van der Waals surface area contributed by atoms with Crippen molar-refractivity contribution in [2.45, 2.75) is 39.0 Å². The number of Topliss-reactive ketones (excluding diaryl/α,β-unsaturated/α-hetero) is 1. The summed E-state index contributed by atoms with van der Waals surface area (Å²) in [4.78, 5) is 11.8. The van der Waals surface area contributed by atoms with Gasteiger partial charge in [0.25, 0.3) is 0 Å². The second-order valence-corrected chi connectivity index (χ2v) is 4.97. The van der Waals surface area contributed by atoms with Gasteiger partial charge in [0.05, 0.1) is 5.41 Å². The van der Waals surface area contributed by atoms with E-state index < -0.39 is 0 Å². The molecule has 0 saturated heterocycles. The van der Waals surface area contributed by atoms with Gasteiger partial charge in [0.1, 0.15) is 5.78 Å². The van der Waals surface area contributed by atoms with Crippen LogP contribution in [-0.2, 0) is 10.2 Å². The topological polar surface area (TPSA) is 17.1 Å². The molecule has 0 spiro atoms. The molecule has 0 atom stereocenters. The monoisotopic (exact) mass is 202 g/mol. The molecule has 1 aromatic carbocycles. The Morgan fingerprint density at radius 1 is 1.33 bits per heavy atom. The normalized spacial score (nSPS) is 29.7. The third-order valence-electron chi connectivity index (χ3n) is 3.73. The quantitative estimate of drug-likeness (QED) is 0.719. The molecule has 0 radical (unpaired) electrons. The molecule has 80 valence electrons. The number of rotatable bonds is 2. The van der Waals surface area contributed by atoms with Gasteiger partial charge in [-0.1, -0.05) is 31.2 Å². The number of hydrogen-bond donors (Lipinski definition) is 0. The first-order chi connectivity index (χ1) is 7.06. The predicted molar refractivity (Wildman–Crippen MR) is 61.9 cm³/mol. The molecule has 0 unspecified atom stereocenters. The minimum absolute atomic E-state index is 0.162. The van der Waals surface area contributed by atoms with Crippen LogP contribution in [0, 0.1) is 12.8 Å². The summed E-state index contributed by atoms with van der Waals surface area (Å²) in [6, 6.07) is 8.29. The Hall–Kier alpha value is -1.11. The maximum absolute atomic E-state index is 11.8. The maximum Gasteiger partial charge on any atom is 0.140 e. The van der Waals surface area contributed by atoms with Gasteiger partial charge in [0.15, 0.2) is 0 Å². The number of benzene rings is 1. The smallest absolute Gasteiger partial charge is 0.140 e. The Balaban J connectivity index is 2.43. The predicted octanol–water partition coefficient (Wildman–Crippen LogP) is 3.25. The van der Waals surface area contributed by atoms with E-state index in [1.807, 2.05) is 12.1 Å². The van der Waals surface area contributed by atoms with Gasteiger partial charge >= 0.3 is 0 Å². The van der Waals surface area contributed by atoms with Gasteiger partial charge in [0.2, 0.25) is 0 Å². The van der Waals surface area contributed by atoms with Crippen LogP contribution in [0.3, 0.4) is 0 Å². The van der Waals surface area contributed by atoms with E-state index in [0.717, 1.165) is 12.8 Å². The summed E-state index contributed by atoms with van der Waals surface area (Å²) in [5.74, 6) is 1.02. The number of carbonyl (C=O) groups excluding carboxylic acids is 1. The second-order valence-electron chi connectivity index (χ2n) is 4.97. The highest BCUT2D eigenvalue weighted by atomic mass is 16.1. The van der Waals surface area contributed by atoms with Gasteiger partial charge in [-0.05, 0) is 43.7 Å². The van der Waals surface area contributed by atoms with Gasteiger partial charge in [-0.15, -0.1) is 0 Å². The average Bonchev–Trinajstić information content (AvgIpc) is 2.13. The molecule has 0 heterocycles. The van der Waals surface area contributed by atoms with Crippen molar-refractivity contribution >= 4 is 5.78 Å². The summed E-state index contributed by atoms with van der Waals surface area (Å²) in [5, 5.41) is 0. The number of carbonyl (C=O) groups is 1. The SMILES string of the molecule is CC(=O)C1(c2ccccc2C)CC(C)C1. The van der Waals surface area contributed by atoms with E-state index in [4.69, 9.17) is 0 Å². The Bertz CT molecular complexity index is 386. The van der Waals surface area contributed by atoms with Crippen molar-refractivity contribution in [1.29, 1.82) is 0 Å². The molecule has 1 aliphatic carbocycles. The van der Waals surface area contributed by atoms with Crippen LogP contribution < -0.4 is 0 Å². The van der Waals surface area contributed by atoms with E-state index >= 15 is 0 Å². The molecular formula is C14H18O. The van der Waals surface area contributed by atoms with Crippen molar-refractivity contribution in [1.82, 2.24) is 0 Å². The van der Waals surface area contributed by atoms with Crippen LogP contribution in [0.2, 0.25) is 0 Å². The first-order valence-corrected chi connectivity index (χ1v) is 5.63. The third-order valence-corrected chi connectivity index (χ3v) is 3.73. The molecular weight excluding hydrogens is 184 g/mol. The number of ketones is 1. The van der Waals surface area contributed by atoms with Crippen molar-refractivity contribution in [3.63, 3.8) is 0 Å². The van der Waals surface area contributed by atoms with E-state index in [1.165, 1.54) is 11.1 Å². The Kier molecular flexibility index (Phi) is 2.41. The van der Waals surface area contributed by atoms with Crippen LogP contribution in [0.15, 0.2) is 24.3 Å². The molecule has 15 heavy (non-hydrogen) atoms. The minimum atomic E-state index is -0.162. The molecule has 1 aliphatic rings. The molecule has 1 heteroatoms. The molecule has 1 aromatic rings. The highest BCUT2D eigenvalue weighted by molar-refractivity contribution is 5.89. The molecule has 2 rings (SSSR count). The fourth-order valence-corrected chi connectivity index (χ4v) is 2.94. The summed E-state index contributed by atoms with van der Waals surface area (Å²) in [5.41, 5.74) is 2.33. The average molecular weight is 202 g/mol. The lowest BCUT2D eigenvalue weighted by Gasteiger charge is -2.45. The zero-order valence-corrected chi connectivity index (χ0v) is 9.71. The molecule has 1 fully saturated rings. The molecule has 0 N–H and O–H groups in total. The van der Waals surface area contributed by atoms with Crippen molar-refractivity contribution in [2.24, 2.45) is 5.92 Å². The first kappa shape index (κ1) is 10.4. The molecule has 1 nitrogen and oxygen atoms in total. The maximum atomic E-state index is 11.8. The Labute approximate surface area is 91.5 Å². The summed E-state index contributed by atoms with van der Waals surface area (Å²) >= 11 is 0. The van der Waals surface area contributed by atoms with Gasteiger partial charge in [-0.25, -0.2) is 0 Å². The largest absolute Gasteiger partial charge is 0.299 e. The summed E-state index contributed by atoms with van der Waals surface area (Å²) < 4.78 is 0. The molecule has 0 aliphatic heterocycles. The molecule has 1 saturated carbocycles. The van der Waals surface area contributed by atoms with E-state index in [0.29, 0.717) is 11.7 Å². The van der Waals surface area contributed by atoms with Crippen LogP contribution in [0.4, 0.5) is 0 Å². The van der Waals surface area contributed by atoms with Crippen molar-refractivity contribution in [3.05, 3.63) is 35.4 Å². The zero-order chi connectivity index (χ0) is 11.1. The lowest BCUT2D eigenvalue weighted by atomic mass is 9.56. The van der Waals surface area contributed by atoms with Gasteiger partial charge in [0, 0.05) is 0 Å². The standard InChI is InChI=1S/C14H18O/c1-10-8-14(9-10,12(3)15)13-7-5-4-6-11(13)2/h4-7,10H,8-9H2,1-3H3. The van der Waals surface area contributed by atoms with E-state index in [-0.39, 0.29) is 5.41 Å². The Morgan fingerprint density at radius 3 is 2.40 bits per heavy atom. The van der Waals surface area contributed by atoms with Gasteiger partial charge in [-0.2, -0.15) is 0 Å². The highest BCUT2D eigenvalue weighted by Gasteiger charge is 2.47. The number of hydrogen-bond acceptors (Lipinski definition) is 1. The van der Waals surface area contributed by atoms with Gasteiger partial charge in [-0.3, -0.25) is 4.79 Å².